The molecule has 1 heterocycles. The Morgan fingerprint density at radius 2 is 1.68 bits per heavy atom. The van der Waals surface area contributed by atoms with Crippen LogP contribution in [-0.4, -0.2) is 34.5 Å². The van der Waals surface area contributed by atoms with Crippen LogP contribution in [0.15, 0.2) is 59.5 Å². The summed E-state index contributed by atoms with van der Waals surface area (Å²) in [5.74, 6) is 2.42. The van der Waals surface area contributed by atoms with Crippen LogP contribution in [0, 0.1) is 0 Å². The zero-order valence-electron chi connectivity index (χ0n) is 21.2. The van der Waals surface area contributed by atoms with Crippen molar-refractivity contribution >= 4 is 17.4 Å². The Morgan fingerprint density at radius 1 is 0.946 bits per heavy atom. The molecule has 0 aromatic heterocycles. The van der Waals surface area contributed by atoms with Gasteiger partial charge in [0, 0.05) is 23.2 Å². The quantitative estimate of drug-likeness (QED) is 0.301. The van der Waals surface area contributed by atoms with Crippen molar-refractivity contribution in [2.45, 2.75) is 36.2 Å². The molecule has 0 N–H and O–H groups in total. The highest BCUT2D eigenvalue weighted by Crippen LogP contribution is 2.49. The van der Waals surface area contributed by atoms with Gasteiger partial charge in [-0.25, -0.2) is 0 Å². The van der Waals surface area contributed by atoms with Crippen molar-refractivity contribution in [1.82, 2.24) is 0 Å². The van der Waals surface area contributed by atoms with E-state index in [0.29, 0.717) is 42.5 Å². The standard InChI is InChI=1S/C28H30F3NO4S/c1-5-36-21-9-10-22-26(16-21)37-25(19-14-23(33-2)27(35-4)24(15-19)34-3)11-12-32(22)17-18-7-6-8-20(13-18)28(29,30)31/h6-10,13-16,25H,5,11-12,17H2,1-4H3/t25-/m1/s1. The van der Waals surface area contributed by atoms with Gasteiger partial charge in [0.15, 0.2) is 11.5 Å². The molecule has 0 saturated heterocycles. The van der Waals surface area contributed by atoms with Gasteiger partial charge < -0.3 is 23.8 Å². The zero-order chi connectivity index (χ0) is 26.6. The fourth-order valence-corrected chi connectivity index (χ4v) is 5.77. The number of nitrogens with zero attached hydrogens (tertiary/aromatic N) is 1. The number of hydrogen-bond donors (Lipinski definition) is 0. The highest BCUT2D eigenvalue weighted by atomic mass is 32.2. The van der Waals surface area contributed by atoms with Crippen LogP contribution in [0.3, 0.4) is 0 Å². The third-order valence-corrected chi connectivity index (χ3v) is 7.57. The van der Waals surface area contributed by atoms with Crippen molar-refractivity contribution in [2.75, 3.05) is 39.4 Å². The number of alkyl halides is 3. The Hall–Kier alpha value is -3.20. The van der Waals surface area contributed by atoms with Crippen LogP contribution in [0.4, 0.5) is 18.9 Å². The second-order valence-electron chi connectivity index (χ2n) is 8.54. The highest BCUT2D eigenvalue weighted by molar-refractivity contribution is 7.99. The molecule has 3 aromatic carbocycles. The molecule has 4 rings (SSSR count). The smallest absolute Gasteiger partial charge is 0.416 e. The fourth-order valence-electron chi connectivity index (χ4n) is 4.46. The Kier molecular flexibility index (Phi) is 8.32. The second-order valence-corrected chi connectivity index (χ2v) is 9.78. The number of thioether (sulfide) groups is 1. The zero-order valence-corrected chi connectivity index (χ0v) is 22.0. The number of rotatable bonds is 8. The number of methoxy groups -OCH3 is 3. The Labute approximate surface area is 219 Å². The lowest BCUT2D eigenvalue weighted by molar-refractivity contribution is -0.137. The maximum atomic E-state index is 13.3. The average Bonchev–Trinajstić information content (AvgIpc) is 3.06. The first-order valence-corrected chi connectivity index (χ1v) is 12.8. The largest absolute Gasteiger partial charge is 0.494 e. The van der Waals surface area contributed by atoms with Crippen LogP contribution in [0.2, 0.25) is 0 Å². The molecule has 9 heteroatoms. The van der Waals surface area contributed by atoms with Crippen LogP contribution in [0.1, 0.15) is 35.3 Å². The Bertz CT molecular complexity index is 1210. The van der Waals surface area contributed by atoms with Crippen LogP contribution in [-0.2, 0) is 12.7 Å². The van der Waals surface area contributed by atoms with Crippen molar-refractivity contribution in [3.8, 4) is 23.0 Å². The van der Waals surface area contributed by atoms with E-state index in [1.165, 1.54) is 12.1 Å². The summed E-state index contributed by atoms with van der Waals surface area (Å²) in [6.07, 6.45) is -3.63. The molecule has 37 heavy (non-hydrogen) atoms. The molecule has 0 aliphatic carbocycles. The molecule has 0 bridgehead atoms. The molecule has 0 unspecified atom stereocenters. The van der Waals surface area contributed by atoms with E-state index in [2.05, 4.69) is 4.90 Å². The van der Waals surface area contributed by atoms with E-state index in [1.807, 2.05) is 37.3 Å². The van der Waals surface area contributed by atoms with E-state index in [9.17, 15) is 13.2 Å². The van der Waals surface area contributed by atoms with E-state index in [1.54, 1.807) is 39.2 Å². The average molecular weight is 534 g/mol. The first kappa shape index (κ1) is 26.9. The molecule has 5 nitrogen and oxygen atoms in total. The predicted octanol–water partition coefficient (Wildman–Crippen LogP) is 7.37. The van der Waals surface area contributed by atoms with Gasteiger partial charge in [0.1, 0.15) is 5.75 Å². The van der Waals surface area contributed by atoms with E-state index >= 15 is 0 Å². The molecule has 0 radical (unpaired) electrons. The minimum atomic E-state index is -4.38. The number of hydrogen-bond acceptors (Lipinski definition) is 6. The monoisotopic (exact) mass is 533 g/mol. The summed E-state index contributed by atoms with van der Waals surface area (Å²) in [5.41, 5.74) is 1.93. The first-order valence-electron chi connectivity index (χ1n) is 11.9. The maximum absolute atomic E-state index is 13.3. The maximum Gasteiger partial charge on any atom is 0.416 e. The summed E-state index contributed by atoms with van der Waals surface area (Å²) >= 11 is 1.69. The first-order chi connectivity index (χ1) is 17.8. The van der Waals surface area contributed by atoms with Crippen molar-refractivity contribution < 1.29 is 32.1 Å². The number of ether oxygens (including phenoxy) is 4. The van der Waals surface area contributed by atoms with Crippen LogP contribution in [0.5, 0.6) is 23.0 Å². The second kappa shape index (κ2) is 11.5. The van der Waals surface area contributed by atoms with Gasteiger partial charge in [-0.2, -0.15) is 13.2 Å². The molecule has 3 aromatic rings. The molecule has 1 aliphatic heterocycles. The van der Waals surface area contributed by atoms with Gasteiger partial charge in [0.05, 0.1) is 39.2 Å². The molecule has 1 atom stereocenters. The van der Waals surface area contributed by atoms with Gasteiger partial charge in [0.25, 0.3) is 0 Å². The number of anilines is 1. The van der Waals surface area contributed by atoms with Gasteiger partial charge in [0.2, 0.25) is 5.75 Å². The van der Waals surface area contributed by atoms with Crippen molar-refractivity contribution in [3.05, 3.63) is 71.3 Å². The molecule has 0 spiro atoms. The van der Waals surface area contributed by atoms with E-state index < -0.39 is 11.7 Å². The Morgan fingerprint density at radius 3 is 2.30 bits per heavy atom. The number of benzene rings is 3. The van der Waals surface area contributed by atoms with Crippen LogP contribution >= 0.6 is 11.8 Å². The van der Waals surface area contributed by atoms with Gasteiger partial charge in [-0.15, -0.1) is 11.8 Å². The molecule has 198 valence electrons. The minimum absolute atomic E-state index is 0.0378. The molecule has 0 amide bonds. The lowest BCUT2D eigenvalue weighted by atomic mass is 10.1. The summed E-state index contributed by atoms with van der Waals surface area (Å²) in [6.45, 7) is 3.46. The number of fused-ring (bicyclic) bond motifs is 1. The third-order valence-electron chi connectivity index (χ3n) is 6.20. The van der Waals surface area contributed by atoms with Gasteiger partial charge in [-0.1, -0.05) is 12.1 Å². The van der Waals surface area contributed by atoms with Gasteiger partial charge in [-0.05, 0) is 66.9 Å². The summed E-state index contributed by atoms with van der Waals surface area (Å²) in [5, 5.41) is 0.0378. The van der Waals surface area contributed by atoms with E-state index in [0.717, 1.165) is 34.4 Å². The summed E-state index contributed by atoms with van der Waals surface area (Å²) in [6, 6.07) is 15.3. The molecule has 0 saturated carbocycles. The topological polar surface area (TPSA) is 40.2 Å². The molecule has 1 aliphatic rings. The normalized spacial score (nSPS) is 15.5. The molecule has 0 fully saturated rings. The minimum Gasteiger partial charge on any atom is -0.494 e. The lowest BCUT2D eigenvalue weighted by Gasteiger charge is -2.25. The summed E-state index contributed by atoms with van der Waals surface area (Å²) in [7, 11) is 4.74. The van der Waals surface area contributed by atoms with Crippen molar-refractivity contribution in [3.63, 3.8) is 0 Å². The Balaban J connectivity index is 1.71. The van der Waals surface area contributed by atoms with Gasteiger partial charge >= 0.3 is 6.18 Å². The fraction of sp³-hybridized carbons (Fsp3) is 0.357. The molecular formula is C28H30F3NO4S. The van der Waals surface area contributed by atoms with Crippen molar-refractivity contribution in [2.24, 2.45) is 0 Å². The van der Waals surface area contributed by atoms with Crippen LogP contribution < -0.4 is 23.8 Å². The number of halogens is 3. The molecular weight excluding hydrogens is 503 g/mol. The van der Waals surface area contributed by atoms with Crippen molar-refractivity contribution in [1.29, 1.82) is 0 Å². The summed E-state index contributed by atoms with van der Waals surface area (Å²) in [4.78, 5) is 3.13. The van der Waals surface area contributed by atoms with Gasteiger partial charge in [-0.3, -0.25) is 0 Å². The summed E-state index contributed by atoms with van der Waals surface area (Å²) < 4.78 is 62.3. The lowest BCUT2D eigenvalue weighted by Crippen LogP contribution is -2.24. The van der Waals surface area contributed by atoms with E-state index in [-0.39, 0.29) is 5.25 Å². The third kappa shape index (κ3) is 6.04. The highest BCUT2D eigenvalue weighted by Gasteiger charge is 2.31. The van der Waals surface area contributed by atoms with Crippen LogP contribution in [0.25, 0.3) is 0 Å². The predicted molar refractivity (Wildman–Crippen MR) is 139 cm³/mol. The van der Waals surface area contributed by atoms with E-state index in [4.69, 9.17) is 18.9 Å². The SMILES string of the molecule is CCOc1ccc2c(c1)S[C@@H](c1cc(OC)c(OC)c(OC)c1)CCN2Cc1cccc(C(F)(F)F)c1.